The van der Waals surface area contributed by atoms with Crippen LogP contribution in [-0.4, -0.2) is 35.7 Å². The SMILES string of the molecule is N#Cc1ccc2[nH]cc(CCCCNCCNc3ccc4oc(C(=O)O)cc4c3)c2c1. The first-order valence-corrected chi connectivity index (χ1v) is 10.4. The van der Waals surface area contributed by atoms with Gasteiger partial charge in [-0.1, -0.05) is 0 Å². The number of benzene rings is 2. The molecule has 0 aliphatic heterocycles. The quantitative estimate of drug-likeness (QED) is 0.283. The number of unbranched alkanes of at least 4 members (excludes halogenated alkanes) is 1. The van der Waals surface area contributed by atoms with Gasteiger partial charge in [0.25, 0.3) is 0 Å². The number of fused-ring (bicyclic) bond motifs is 2. The highest BCUT2D eigenvalue weighted by atomic mass is 16.4. The summed E-state index contributed by atoms with van der Waals surface area (Å²) in [5, 5.41) is 26.8. The van der Waals surface area contributed by atoms with Crippen LogP contribution in [0.4, 0.5) is 5.69 Å². The summed E-state index contributed by atoms with van der Waals surface area (Å²) < 4.78 is 5.27. The zero-order valence-electron chi connectivity index (χ0n) is 17.1. The minimum absolute atomic E-state index is 0.0491. The standard InChI is InChI=1S/C24H24N4O3/c25-14-16-4-6-21-20(11-16)17(15-28-21)3-1-2-8-26-9-10-27-19-5-7-22-18(12-19)13-23(31-22)24(29)30/h4-7,11-13,15,26-28H,1-3,8-10H2,(H,29,30). The van der Waals surface area contributed by atoms with Crippen LogP contribution in [0.15, 0.2) is 53.1 Å². The minimum Gasteiger partial charge on any atom is -0.475 e. The van der Waals surface area contributed by atoms with E-state index >= 15 is 0 Å². The Morgan fingerprint density at radius 2 is 2.00 bits per heavy atom. The maximum Gasteiger partial charge on any atom is 0.371 e. The molecule has 0 fully saturated rings. The van der Waals surface area contributed by atoms with Gasteiger partial charge in [-0.05, 0) is 73.8 Å². The number of carboxylic acid groups (broad SMARTS) is 1. The van der Waals surface area contributed by atoms with Crippen molar-refractivity contribution in [2.24, 2.45) is 0 Å². The van der Waals surface area contributed by atoms with E-state index in [-0.39, 0.29) is 5.76 Å². The maximum absolute atomic E-state index is 11.0. The fourth-order valence-corrected chi connectivity index (χ4v) is 3.70. The van der Waals surface area contributed by atoms with Crippen LogP contribution >= 0.6 is 0 Å². The Labute approximate surface area is 179 Å². The largest absolute Gasteiger partial charge is 0.475 e. The van der Waals surface area contributed by atoms with Gasteiger partial charge in [-0.25, -0.2) is 4.79 Å². The number of aromatic carboxylic acids is 1. The third kappa shape index (κ3) is 4.87. The average Bonchev–Trinajstić information content (AvgIpc) is 3.39. The number of hydrogen-bond acceptors (Lipinski definition) is 5. The van der Waals surface area contributed by atoms with Crippen molar-refractivity contribution >= 4 is 33.5 Å². The van der Waals surface area contributed by atoms with Crippen molar-refractivity contribution in [3.8, 4) is 6.07 Å². The van der Waals surface area contributed by atoms with Crippen LogP contribution in [0, 0.1) is 11.3 Å². The number of carboxylic acids is 1. The monoisotopic (exact) mass is 416 g/mol. The lowest BCUT2D eigenvalue weighted by molar-refractivity contribution is 0.0665. The molecule has 2 aromatic carbocycles. The molecule has 0 bridgehead atoms. The second kappa shape index (κ2) is 9.37. The Morgan fingerprint density at radius 1 is 1.10 bits per heavy atom. The Balaban J connectivity index is 1.16. The summed E-state index contributed by atoms with van der Waals surface area (Å²) in [4.78, 5) is 14.3. The fraction of sp³-hybridized carbons (Fsp3) is 0.250. The number of hydrogen-bond donors (Lipinski definition) is 4. The molecule has 0 saturated heterocycles. The van der Waals surface area contributed by atoms with Gasteiger partial charge in [0.05, 0.1) is 11.6 Å². The number of nitrogens with zero attached hydrogens (tertiary/aromatic N) is 1. The minimum atomic E-state index is -1.06. The molecule has 7 nitrogen and oxygen atoms in total. The summed E-state index contributed by atoms with van der Waals surface area (Å²) in [5.74, 6) is -1.11. The summed E-state index contributed by atoms with van der Waals surface area (Å²) in [7, 11) is 0. The predicted octanol–water partition coefficient (Wildman–Crippen LogP) is 4.51. The molecule has 7 heteroatoms. The molecule has 4 rings (SSSR count). The number of aromatic amines is 1. The van der Waals surface area contributed by atoms with Gasteiger partial charge in [0.1, 0.15) is 5.58 Å². The third-order valence-corrected chi connectivity index (χ3v) is 5.30. The summed E-state index contributed by atoms with van der Waals surface area (Å²) in [6.07, 6.45) is 5.17. The Morgan fingerprint density at radius 3 is 2.84 bits per heavy atom. The lowest BCUT2D eigenvalue weighted by atomic mass is 10.1. The molecule has 2 aromatic heterocycles. The number of anilines is 1. The van der Waals surface area contributed by atoms with Crippen molar-refractivity contribution in [3.05, 3.63) is 65.5 Å². The van der Waals surface area contributed by atoms with E-state index in [0.29, 0.717) is 11.1 Å². The van der Waals surface area contributed by atoms with Crippen LogP contribution in [-0.2, 0) is 6.42 Å². The molecule has 0 atom stereocenters. The van der Waals surface area contributed by atoms with E-state index in [1.54, 1.807) is 6.07 Å². The number of nitriles is 1. The first-order chi connectivity index (χ1) is 15.1. The van der Waals surface area contributed by atoms with Gasteiger partial charge in [-0.15, -0.1) is 0 Å². The van der Waals surface area contributed by atoms with E-state index in [4.69, 9.17) is 14.8 Å². The van der Waals surface area contributed by atoms with E-state index < -0.39 is 5.97 Å². The molecule has 0 amide bonds. The van der Waals surface area contributed by atoms with Crippen LogP contribution in [0.2, 0.25) is 0 Å². The van der Waals surface area contributed by atoms with E-state index in [1.165, 1.54) is 11.6 Å². The molecule has 0 saturated carbocycles. The van der Waals surface area contributed by atoms with Crippen molar-refractivity contribution in [1.29, 1.82) is 5.26 Å². The Kier molecular flexibility index (Phi) is 6.20. The second-order valence-corrected chi connectivity index (χ2v) is 7.49. The number of nitrogens with one attached hydrogen (secondary N) is 3. The molecular formula is C24H24N4O3. The normalized spacial score (nSPS) is 11.1. The van der Waals surface area contributed by atoms with Gasteiger partial charge in [0.2, 0.25) is 5.76 Å². The summed E-state index contributed by atoms with van der Waals surface area (Å²) >= 11 is 0. The maximum atomic E-state index is 11.0. The van der Waals surface area contributed by atoms with Crippen molar-refractivity contribution in [1.82, 2.24) is 10.3 Å². The molecule has 2 heterocycles. The number of carbonyl (C=O) groups is 1. The van der Waals surface area contributed by atoms with E-state index in [2.05, 4.69) is 21.7 Å². The molecule has 0 aliphatic carbocycles. The van der Waals surface area contributed by atoms with E-state index in [1.807, 2.05) is 36.5 Å². The van der Waals surface area contributed by atoms with Crippen LogP contribution in [0.5, 0.6) is 0 Å². The van der Waals surface area contributed by atoms with E-state index in [0.717, 1.165) is 60.9 Å². The van der Waals surface area contributed by atoms with Gasteiger partial charge in [-0.2, -0.15) is 5.26 Å². The molecule has 31 heavy (non-hydrogen) atoms. The molecule has 4 aromatic rings. The highest BCUT2D eigenvalue weighted by Gasteiger charge is 2.10. The zero-order chi connectivity index (χ0) is 21.6. The van der Waals surface area contributed by atoms with Crippen molar-refractivity contribution in [3.63, 3.8) is 0 Å². The second-order valence-electron chi connectivity index (χ2n) is 7.49. The van der Waals surface area contributed by atoms with Crippen LogP contribution < -0.4 is 10.6 Å². The molecule has 0 unspecified atom stereocenters. The van der Waals surface area contributed by atoms with Crippen LogP contribution in [0.25, 0.3) is 21.9 Å². The molecule has 0 aliphatic rings. The molecule has 4 N–H and O–H groups in total. The lowest BCUT2D eigenvalue weighted by Gasteiger charge is -2.08. The number of H-pyrrole nitrogens is 1. The number of furan rings is 1. The van der Waals surface area contributed by atoms with Crippen LogP contribution in [0.1, 0.15) is 34.5 Å². The van der Waals surface area contributed by atoms with E-state index in [9.17, 15) is 4.79 Å². The first-order valence-electron chi connectivity index (χ1n) is 10.4. The van der Waals surface area contributed by atoms with Crippen molar-refractivity contribution in [2.75, 3.05) is 25.0 Å². The van der Waals surface area contributed by atoms with Gasteiger partial charge in [0.15, 0.2) is 0 Å². The van der Waals surface area contributed by atoms with Crippen molar-refractivity contribution in [2.45, 2.75) is 19.3 Å². The van der Waals surface area contributed by atoms with Gasteiger partial charge in [0, 0.05) is 41.3 Å². The Bertz CT molecular complexity index is 1250. The third-order valence-electron chi connectivity index (χ3n) is 5.30. The molecule has 158 valence electrons. The Hall–Kier alpha value is -3.76. The lowest BCUT2D eigenvalue weighted by Crippen LogP contribution is -2.23. The number of aryl methyl sites for hydroxylation is 1. The highest BCUT2D eigenvalue weighted by Crippen LogP contribution is 2.23. The summed E-state index contributed by atoms with van der Waals surface area (Å²) in [5.41, 5.74) is 4.53. The molecular weight excluding hydrogens is 392 g/mol. The molecule has 0 spiro atoms. The topological polar surface area (TPSA) is 114 Å². The number of rotatable bonds is 10. The fourth-order valence-electron chi connectivity index (χ4n) is 3.70. The zero-order valence-corrected chi connectivity index (χ0v) is 17.1. The highest BCUT2D eigenvalue weighted by molar-refractivity contribution is 5.92. The predicted molar refractivity (Wildman–Crippen MR) is 120 cm³/mol. The number of aromatic nitrogens is 1. The smallest absolute Gasteiger partial charge is 0.371 e. The summed E-state index contributed by atoms with van der Waals surface area (Å²) in [6, 6.07) is 15.0. The first kappa shape index (κ1) is 20.5. The van der Waals surface area contributed by atoms with Gasteiger partial charge < -0.3 is 25.1 Å². The summed E-state index contributed by atoms with van der Waals surface area (Å²) in [6.45, 7) is 2.55. The van der Waals surface area contributed by atoms with Crippen LogP contribution in [0.3, 0.4) is 0 Å². The average molecular weight is 416 g/mol. The van der Waals surface area contributed by atoms with Crippen molar-refractivity contribution < 1.29 is 14.3 Å². The van der Waals surface area contributed by atoms with Gasteiger partial charge in [-0.3, -0.25) is 0 Å². The molecule has 0 radical (unpaired) electrons. The van der Waals surface area contributed by atoms with Gasteiger partial charge >= 0.3 is 5.97 Å².